The second-order valence-electron chi connectivity index (χ2n) is 6.23. The second-order valence-corrected chi connectivity index (χ2v) is 7.19. The van der Waals surface area contributed by atoms with E-state index in [1.54, 1.807) is 0 Å². The van der Waals surface area contributed by atoms with Crippen LogP contribution in [0.3, 0.4) is 0 Å². The van der Waals surface area contributed by atoms with E-state index in [-0.39, 0.29) is 24.1 Å². The Balaban J connectivity index is 1.51. The molecule has 1 heterocycles. The highest BCUT2D eigenvalue weighted by atomic mass is 32.2. The number of benzene rings is 2. The lowest BCUT2D eigenvalue weighted by Crippen LogP contribution is -2.34. The lowest BCUT2D eigenvalue weighted by Gasteiger charge is -2.10. The molecule has 1 aromatic heterocycles. The van der Waals surface area contributed by atoms with E-state index in [0.29, 0.717) is 0 Å². The van der Waals surface area contributed by atoms with Crippen LogP contribution in [0.25, 0.3) is 11.0 Å². The number of aryl methyl sites for hydroxylation is 2. The van der Waals surface area contributed by atoms with Crippen LogP contribution < -0.4 is 10.6 Å². The lowest BCUT2D eigenvalue weighted by atomic mass is 10.1. The van der Waals surface area contributed by atoms with Gasteiger partial charge in [-0.1, -0.05) is 49.0 Å². The highest BCUT2D eigenvalue weighted by molar-refractivity contribution is 7.99. The van der Waals surface area contributed by atoms with Gasteiger partial charge in [0.15, 0.2) is 0 Å². The molecular formula is C21H22N4O2S. The van der Waals surface area contributed by atoms with E-state index in [1.807, 2.05) is 62.4 Å². The van der Waals surface area contributed by atoms with Crippen molar-refractivity contribution >= 4 is 40.3 Å². The summed E-state index contributed by atoms with van der Waals surface area (Å²) >= 11 is 1.31. The minimum atomic E-state index is -0.249. The fourth-order valence-electron chi connectivity index (χ4n) is 2.72. The predicted octanol–water partition coefficient (Wildman–Crippen LogP) is 3.35. The van der Waals surface area contributed by atoms with Crippen LogP contribution in [0.4, 0.5) is 5.69 Å². The fraction of sp³-hybridized carbons (Fsp3) is 0.238. The first-order valence-corrected chi connectivity index (χ1v) is 10.1. The predicted molar refractivity (Wildman–Crippen MR) is 112 cm³/mol. The third-order valence-corrected chi connectivity index (χ3v) is 5.23. The summed E-state index contributed by atoms with van der Waals surface area (Å²) in [5.41, 5.74) is 4.25. The van der Waals surface area contributed by atoms with E-state index in [1.165, 1.54) is 11.8 Å². The van der Waals surface area contributed by atoms with Gasteiger partial charge in [0.05, 0.1) is 29.0 Å². The zero-order valence-electron chi connectivity index (χ0n) is 15.9. The van der Waals surface area contributed by atoms with Crippen molar-refractivity contribution in [2.45, 2.75) is 25.3 Å². The SMILES string of the molecule is CCc1ccccc1NC(=O)CNC(=O)CSc1nc2ccccc2nc1C. The van der Waals surface area contributed by atoms with Crippen molar-refractivity contribution in [1.29, 1.82) is 0 Å². The summed E-state index contributed by atoms with van der Waals surface area (Å²) in [5.74, 6) is -0.300. The van der Waals surface area contributed by atoms with Crippen LogP contribution >= 0.6 is 11.8 Å². The Morgan fingerprint density at radius 2 is 1.64 bits per heavy atom. The molecule has 0 aliphatic carbocycles. The average Bonchev–Trinajstić information content (AvgIpc) is 2.71. The number of carbonyl (C=O) groups is 2. The number of amides is 2. The highest BCUT2D eigenvalue weighted by Crippen LogP contribution is 2.21. The first-order chi connectivity index (χ1) is 13.6. The Kier molecular flexibility index (Phi) is 6.60. The molecule has 0 saturated carbocycles. The van der Waals surface area contributed by atoms with E-state index in [9.17, 15) is 9.59 Å². The fourth-order valence-corrected chi connectivity index (χ4v) is 3.50. The Morgan fingerprint density at radius 1 is 0.964 bits per heavy atom. The van der Waals surface area contributed by atoms with Crippen molar-refractivity contribution in [3.63, 3.8) is 0 Å². The summed E-state index contributed by atoms with van der Waals surface area (Å²) in [5, 5.41) is 6.20. The molecule has 0 aliphatic heterocycles. The molecule has 2 amide bonds. The number of nitrogens with one attached hydrogen (secondary N) is 2. The normalized spacial score (nSPS) is 10.6. The zero-order chi connectivity index (χ0) is 19.9. The van der Waals surface area contributed by atoms with Crippen LogP contribution in [0.2, 0.25) is 0 Å². The first-order valence-electron chi connectivity index (χ1n) is 9.07. The lowest BCUT2D eigenvalue weighted by molar-refractivity contribution is -0.122. The molecule has 0 radical (unpaired) electrons. The van der Waals surface area contributed by atoms with E-state index < -0.39 is 0 Å². The van der Waals surface area contributed by atoms with Gasteiger partial charge in [-0.2, -0.15) is 0 Å². The summed E-state index contributed by atoms with van der Waals surface area (Å²) < 4.78 is 0. The maximum absolute atomic E-state index is 12.1. The molecule has 0 atom stereocenters. The van der Waals surface area contributed by atoms with Gasteiger partial charge in [0, 0.05) is 5.69 Å². The monoisotopic (exact) mass is 394 g/mol. The van der Waals surface area contributed by atoms with Gasteiger partial charge in [-0.25, -0.2) is 9.97 Å². The quantitative estimate of drug-likeness (QED) is 0.601. The van der Waals surface area contributed by atoms with E-state index in [0.717, 1.165) is 39.4 Å². The van der Waals surface area contributed by atoms with Gasteiger partial charge >= 0.3 is 0 Å². The van der Waals surface area contributed by atoms with Gasteiger partial charge < -0.3 is 10.6 Å². The molecule has 0 aliphatic rings. The highest BCUT2D eigenvalue weighted by Gasteiger charge is 2.11. The van der Waals surface area contributed by atoms with Crippen molar-refractivity contribution in [3.05, 3.63) is 59.8 Å². The Morgan fingerprint density at radius 3 is 2.39 bits per heavy atom. The first kappa shape index (κ1) is 19.8. The molecule has 0 fully saturated rings. The summed E-state index contributed by atoms with van der Waals surface area (Å²) in [4.78, 5) is 33.3. The number of aromatic nitrogens is 2. The molecule has 0 unspecified atom stereocenters. The van der Waals surface area contributed by atoms with Gasteiger partial charge in [-0.15, -0.1) is 0 Å². The van der Waals surface area contributed by atoms with E-state index in [2.05, 4.69) is 20.6 Å². The van der Waals surface area contributed by atoms with Crippen molar-refractivity contribution in [2.75, 3.05) is 17.6 Å². The number of anilines is 1. The summed E-state index contributed by atoms with van der Waals surface area (Å²) in [6.07, 6.45) is 0.825. The number of thioether (sulfide) groups is 1. The minimum Gasteiger partial charge on any atom is -0.346 e. The van der Waals surface area contributed by atoms with Crippen molar-refractivity contribution < 1.29 is 9.59 Å². The van der Waals surface area contributed by atoms with Gasteiger partial charge in [0.1, 0.15) is 5.03 Å². The van der Waals surface area contributed by atoms with Crippen molar-refractivity contribution in [3.8, 4) is 0 Å². The third kappa shape index (κ3) is 5.07. The van der Waals surface area contributed by atoms with Crippen molar-refractivity contribution in [2.24, 2.45) is 0 Å². The Labute approximate surface area is 168 Å². The topological polar surface area (TPSA) is 84.0 Å². The number of hydrogen-bond acceptors (Lipinski definition) is 5. The molecule has 0 bridgehead atoms. The Bertz CT molecular complexity index is 1010. The summed E-state index contributed by atoms with van der Waals surface area (Å²) in [7, 11) is 0. The molecule has 7 heteroatoms. The second kappa shape index (κ2) is 9.32. The number of rotatable bonds is 7. The van der Waals surface area contributed by atoms with Crippen LogP contribution in [-0.2, 0) is 16.0 Å². The standard InChI is InChI=1S/C21H22N4O2S/c1-3-15-8-4-5-9-16(15)24-19(26)12-22-20(27)13-28-21-14(2)23-17-10-6-7-11-18(17)25-21/h4-11H,3,12-13H2,1-2H3,(H,22,27)(H,24,26). The molecule has 6 nitrogen and oxygen atoms in total. The molecule has 3 aromatic rings. The number of para-hydroxylation sites is 3. The molecule has 0 spiro atoms. The Hall–Kier alpha value is -2.93. The van der Waals surface area contributed by atoms with Crippen LogP contribution in [0, 0.1) is 6.92 Å². The maximum atomic E-state index is 12.1. The van der Waals surface area contributed by atoms with Crippen LogP contribution in [0.5, 0.6) is 0 Å². The van der Waals surface area contributed by atoms with Crippen LogP contribution in [-0.4, -0.2) is 34.1 Å². The molecule has 144 valence electrons. The zero-order valence-corrected chi connectivity index (χ0v) is 16.7. The minimum absolute atomic E-state index is 0.0696. The summed E-state index contributed by atoms with van der Waals surface area (Å²) in [6.45, 7) is 3.83. The van der Waals surface area contributed by atoms with Gasteiger partial charge in [-0.05, 0) is 37.1 Å². The average molecular weight is 395 g/mol. The van der Waals surface area contributed by atoms with E-state index in [4.69, 9.17) is 0 Å². The number of hydrogen-bond donors (Lipinski definition) is 2. The van der Waals surface area contributed by atoms with Crippen LogP contribution in [0.1, 0.15) is 18.2 Å². The number of fused-ring (bicyclic) bond motifs is 1. The van der Waals surface area contributed by atoms with Gasteiger partial charge in [-0.3, -0.25) is 9.59 Å². The maximum Gasteiger partial charge on any atom is 0.243 e. The van der Waals surface area contributed by atoms with E-state index >= 15 is 0 Å². The van der Waals surface area contributed by atoms with Crippen molar-refractivity contribution in [1.82, 2.24) is 15.3 Å². The largest absolute Gasteiger partial charge is 0.346 e. The number of nitrogens with zero attached hydrogens (tertiary/aromatic N) is 2. The molecule has 0 saturated heterocycles. The van der Waals surface area contributed by atoms with Gasteiger partial charge in [0.25, 0.3) is 0 Å². The molecule has 2 N–H and O–H groups in total. The third-order valence-electron chi connectivity index (χ3n) is 4.16. The van der Waals surface area contributed by atoms with Crippen LogP contribution in [0.15, 0.2) is 53.6 Å². The molecule has 3 rings (SSSR count). The van der Waals surface area contributed by atoms with Gasteiger partial charge in [0.2, 0.25) is 11.8 Å². The summed E-state index contributed by atoms with van der Waals surface area (Å²) in [6, 6.07) is 15.3. The molecular weight excluding hydrogens is 372 g/mol. The smallest absolute Gasteiger partial charge is 0.243 e. The number of carbonyl (C=O) groups excluding carboxylic acids is 2. The molecule has 2 aromatic carbocycles. The molecule has 28 heavy (non-hydrogen) atoms.